The van der Waals surface area contributed by atoms with Crippen LogP contribution >= 0.6 is 0 Å². The van der Waals surface area contributed by atoms with E-state index in [1.165, 1.54) is 21.7 Å². The van der Waals surface area contributed by atoms with Crippen molar-refractivity contribution in [3.05, 3.63) is 84.2 Å². The van der Waals surface area contributed by atoms with E-state index in [0.717, 1.165) is 5.52 Å². The van der Waals surface area contributed by atoms with E-state index in [0.29, 0.717) is 22.5 Å². The Labute approximate surface area is 189 Å². The summed E-state index contributed by atoms with van der Waals surface area (Å²) in [5, 5.41) is 10.9. The number of rotatable bonds is 8. The Morgan fingerprint density at radius 2 is 1.76 bits per heavy atom. The van der Waals surface area contributed by atoms with E-state index in [1.54, 1.807) is 43.5 Å². The van der Waals surface area contributed by atoms with Crippen LogP contribution < -0.4 is 10.1 Å². The Hall–Kier alpha value is -4.27. The SMILES string of the molecule is COc1ccc(NC(=O)CN(Cc2ccc(F)cc2)C(=O)Cn2nnc3ccccc32)cc1. The number of anilines is 1. The van der Waals surface area contributed by atoms with Crippen molar-refractivity contribution in [1.29, 1.82) is 0 Å². The molecule has 0 aliphatic heterocycles. The lowest BCUT2D eigenvalue weighted by molar-refractivity contribution is -0.136. The van der Waals surface area contributed by atoms with Gasteiger partial charge < -0.3 is 15.0 Å². The monoisotopic (exact) mass is 447 g/mol. The molecule has 0 aliphatic rings. The number of fused-ring (bicyclic) bond motifs is 1. The van der Waals surface area contributed by atoms with Gasteiger partial charge in [0.05, 0.1) is 12.6 Å². The summed E-state index contributed by atoms with van der Waals surface area (Å²) >= 11 is 0. The number of carbonyl (C=O) groups is 2. The summed E-state index contributed by atoms with van der Waals surface area (Å²) in [6.45, 7) is -0.131. The molecule has 9 heteroatoms. The van der Waals surface area contributed by atoms with E-state index in [2.05, 4.69) is 15.6 Å². The molecule has 33 heavy (non-hydrogen) atoms. The second-order valence-corrected chi connectivity index (χ2v) is 7.39. The third-order valence-electron chi connectivity index (χ3n) is 5.05. The van der Waals surface area contributed by atoms with Crippen molar-refractivity contribution in [2.75, 3.05) is 19.0 Å². The van der Waals surface area contributed by atoms with Crippen molar-refractivity contribution < 1.29 is 18.7 Å². The maximum absolute atomic E-state index is 13.3. The predicted molar refractivity (Wildman–Crippen MR) is 121 cm³/mol. The topological polar surface area (TPSA) is 89.4 Å². The fraction of sp³-hybridized carbons (Fsp3) is 0.167. The number of amides is 2. The van der Waals surface area contributed by atoms with Gasteiger partial charge in [0.1, 0.15) is 30.2 Å². The highest BCUT2D eigenvalue weighted by Crippen LogP contribution is 2.16. The third-order valence-corrected chi connectivity index (χ3v) is 5.05. The van der Waals surface area contributed by atoms with Crippen molar-refractivity contribution in [3.63, 3.8) is 0 Å². The minimum absolute atomic E-state index is 0.0858. The van der Waals surface area contributed by atoms with Crippen LogP contribution in [0, 0.1) is 5.82 Å². The van der Waals surface area contributed by atoms with Crippen LogP contribution in [0.5, 0.6) is 5.75 Å². The number of nitrogens with one attached hydrogen (secondary N) is 1. The summed E-state index contributed by atoms with van der Waals surface area (Å²) < 4.78 is 19.9. The van der Waals surface area contributed by atoms with Gasteiger partial charge in [-0.15, -0.1) is 5.10 Å². The Balaban J connectivity index is 1.50. The number of benzene rings is 3. The second kappa shape index (κ2) is 9.90. The Kier molecular flexibility index (Phi) is 6.58. The fourth-order valence-corrected chi connectivity index (χ4v) is 3.35. The third kappa shape index (κ3) is 5.51. The van der Waals surface area contributed by atoms with Gasteiger partial charge in [-0.25, -0.2) is 9.07 Å². The lowest BCUT2D eigenvalue weighted by atomic mass is 10.2. The number of carbonyl (C=O) groups excluding carboxylic acids is 2. The first-order chi connectivity index (χ1) is 16.0. The zero-order valence-corrected chi connectivity index (χ0v) is 17.9. The van der Waals surface area contributed by atoms with Gasteiger partial charge in [0.15, 0.2) is 0 Å². The fourth-order valence-electron chi connectivity index (χ4n) is 3.35. The van der Waals surface area contributed by atoms with Gasteiger partial charge in [-0.2, -0.15) is 0 Å². The van der Waals surface area contributed by atoms with Crippen LogP contribution in [-0.2, 0) is 22.7 Å². The molecule has 1 aromatic heterocycles. The Morgan fingerprint density at radius 1 is 1.03 bits per heavy atom. The van der Waals surface area contributed by atoms with Gasteiger partial charge >= 0.3 is 0 Å². The van der Waals surface area contributed by atoms with E-state index < -0.39 is 0 Å². The molecule has 1 N–H and O–H groups in total. The maximum atomic E-state index is 13.3. The van der Waals surface area contributed by atoms with E-state index in [9.17, 15) is 14.0 Å². The van der Waals surface area contributed by atoms with Crippen molar-refractivity contribution >= 4 is 28.5 Å². The second-order valence-electron chi connectivity index (χ2n) is 7.39. The molecule has 0 aliphatic carbocycles. The van der Waals surface area contributed by atoms with E-state index in [1.807, 2.05) is 24.3 Å². The molecule has 0 atom stereocenters. The molecule has 8 nitrogen and oxygen atoms in total. The molecule has 0 spiro atoms. The average Bonchev–Trinajstić information content (AvgIpc) is 3.23. The average molecular weight is 447 g/mol. The minimum atomic E-state index is -0.372. The first-order valence-electron chi connectivity index (χ1n) is 10.3. The zero-order chi connectivity index (χ0) is 23.2. The molecule has 4 aromatic rings. The Bertz CT molecular complexity index is 1260. The number of methoxy groups -OCH3 is 1. The first-order valence-corrected chi connectivity index (χ1v) is 10.3. The molecular formula is C24H22FN5O3. The molecule has 2 amide bonds. The summed E-state index contributed by atoms with van der Waals surface area (Å²) in [5.74, 6) is -0.386. The molecule has 1 heterocycles. The van der Waals surface area contributed by atoms with E-state index in [4.69, 9.17) is 4.74 Å². The van der Waals surface area contributed by atoms with Crippen LogP contribution in [0.2, 0.25) is 0 Å². The standard InChI is InChI=1S/C24H22FN5O3/c1-33-20-12-10-19(11-13-20)26-23(31)15-29(14-17-6-8-18(25)9-7-17)24(32)16-30-22-5-3-2-4-21(22)27-28-30/h2-13H,14-16H2,1H3,(H,26,31). The van der Waals surface area contributed by atoms with Gasteiger partial charge in [-0.3, -0.25) is 9.59 Å². The number of aromatic nitrogens is 3. The maximum Gasteiger partial charge on any atom is 0.245 e. The normalized spacial score (nSPS) is 10.7. The summed E-state index contributed by atoms with van der Waals surface area (Å²) in [4.78, 5) is 27.3. The quantitative estimate of drug-likeness (QED) is 0.448. The van der Waals surface area contributed by atoms with Crippen molar-refractivity contribution in [2.24, 2.45) is 0 Å². The minimum Gasteiger partial charge on any atom is -0.497 e. The number of hydrogen-bond acceptors (Lipinski definition) is 5. The summed E-state index contributed by atoms with van der Waals surface area (Å²) in [5.41, 5.74) is 2.67. The molecule has 0 saturated carbocycles. The van der Waals surface area contributed by atoms with Gasteiger partial charge in [0.2, 0.25) is 11.8 Å². The molecule has 0 fully saturated rings. The number of ether oxygens (including phenoxy) is 1. The molecule has 0 unspecified atom stereocenters. The van der Waals surface area contributed by atoms with Crippen LogP contribution in [0.1, 0.15) is 5.56 Å². The van der Waals surface area contributed by atoms with Crippen molar-refractivity contribution in [3.8, 4) is 5.75 Å². The lowest BCUT2D eigenvalue weighted by Gasteiger charge is -2.22. The number of nitrogens with zero attached hydrogens (tertiary/aromatic N) is 4. The molecule has 0 radical (unpaired) electrons. The van der Waals surface area contributed by atoms with Gasteiger partial charge in [0, 0.05) is 12.2 Å². The number of halogens is 1. The van der Waals surface area contributed by atoms with Gasteiger partial charge in [-0.05, 0) is 54.1 Å². The van der Waals surface area contributed by atoms with Crippen LogP contribution in [0.15, 0.2) is 72.8 Å². The van der Waals surface area contributed by atoms with Crippen LogP contribution in [0.4, 0.5) is 10.1 Å². The zero-order valence-electron chi connectivity index (χ0n) is 17.9. The van der Waals surface area contributed by atoms with E-state index >= 15 is 0 Å². The molecule has 168 valence electrons. The molecule has 0 saturated heterocycles. The first kappa shape index (κ1) is 21.9. The largest absolute Gasteiger partial charge is 0.497 e. The molecule has 4 rings (SSSR count). The Morgan fingerprint density at radius 3 is 2.48 bits per heavy atom. The van der Waals surface area contributed by atoms with Crippen LogP contribution in [0.25, 0.3) is 11.0 Å². The van der Waals surface area contributed by atoms with Crippen molar-refractivity contribution in [1.82, 2.24) is 19.9 Å². The smallest absolute Gasteiger partial charge is 0.245 e. The van der Waals surface area contributed by atoms with Gasteiger partial charge in [-0.1, -0.05) is 29.5 Å². The highest BCUT2D eigenvalue weighted by Gasteiger charge is 2.20. The highest BCUT2D eigenvalue weighted by atomic mass is 19.1. The van der Waals surface area contributed by atoms with Crippen LogP contribution in [0.3, 0.4) is 0 Å². The number of para-hydroxylation sites is 1. The van der Waals surface area contributed by atoms with E-state index in [-0.39, 0.29) is 37.3 Å². The molecule has 0 bridgehead atoms. The molecular weight excluding hydrogens is 425 g/mol. The van der Waals surface area contributed by atoms with Gasteiger partial charge in [0.25, 0.3) is 0 Å². The summed E-state index contributed by atoms with van der Waals surface area (Å²) in [7, 11) is 1.56. The highest BCUT2D eigenvalue weighted by molar-refractivity contribution is 5.94. The number of hydrogen-bond donors (Lipinski definition) is 1. The predicted octanol–water partition coefficient (Wildman–Crippen LogP) is 3.25. The van der Waals surface area contributed by atoms with Crippen LogP contribution in [-0.4, -0.2) is 45.4 Å². The summed E-state index contributed by atoms with van der Waals surface area (Å²) in [6.07, 6.45) is 0. The van der Waals surface area contributed by atoms with Crippen molar-refractivity contribution in [2.45, 2.75) is 13.1 Å². The lowest BCUT2D eigenvalue weighted by Crippen LogP contribution is -2.39. The summed E-state index contributed by atoms with van der Waals surface area (Å²) in [6, 6.07) is 20.0. The molecule has 3 aromatic carbocycles.